The molecule has 2 heterocycles. The number of oxazole rings is 1. The third kappa shape index (κ3) is 4.03. The minimum Gasteiger partial charge on any atom is -0.446 e. The number of thioether (sulfide) groups is 1. The number of hydrogen-bond donors (Lipinski definition) is 1. The summed E-state index contributed by atoms with van der Waals surface area (Å²) in [6, 6.07) is 0.444. The maximum absolute atomic E-state index is 5.79. The summed E-state index contributed by atoms with van der Waals surface area (Å²) in [5.74, 6) is 3.22. The van der Waals surface area contributed by atoms with Crippen molar-refractivity contribution in [3.63, 3.8) is 0 Å². The second-order valence-corrected chi connectivity index (χ2v) is 6.22. The Morgan fingerprint density at radius 3 is 3.18 bits per heavy atom. The normalized spacial score (nSPS) is 22.6. The quantitative estimate of drug-likeness (QED) is 0.876. The molecule has 2 rings (SSSR count). The lowest BCUT2D eigenvalue weighted by atomic mass is 10.1. The lowest BCUT2D eigenvalue weighted by Gasteiger charge is -2.19. The molecule has 0 spiro atoms. The van der Waals surface area contributed by atoms with Gasteiger partial charge in [-0.3, -0.25) is 0 Å². The minimum absolute atomic E-state index is 0.444. The molecule has 96 valence electrons. The van der Waals surface area contributed by atoms with Crippen LogP contribution in [-0.4, -0.2) is 29.1 Å². The largest absolute Gasteiger partial charge is 0.446 e. The number of nitrogens with one attached hydrogen (secondary N) is 1. The van der Waals surface area contributed by atoms with E-state index >= 15 is 0 Å². The van der Waals surface area contributed by atoms with Gasteiger partial charge in [0.1, 0.15) is 5.76 Å². The molecule has 0 aliphatic carbocycles. The fourth-order valence-electron chi connectivity index (χ4n) is 2.10. The van der Waals surface area contributed by atoms with Crippen LogP contribution >= 0.6 is 11.8 Å². The van der Waals surface area contributed by atoms with Crippen molar-refractivity contribution in [3.8, 4) is 0 Å². The molecule has 0 amide bonds. The molecule has 1 aromatic rings. The van der Waals surface area contributed by atoms with Crippen LogP contribution in [0.15, 0.2) is 10.6 Å². The predicted molar refractivity (Wildman–Crippen MR) is 72.5 cm³/mol. The van der Waals surface area contributed by atoms with Gasteiger partial charge >= 0.3 is 0 Å². The van der Waals surface area contributed by atoms with E-state index in [0.29, 0.717) is 6.04 Å². The SMILES string of the molecule is CNC(C)Cc1cnc(CC2CCCCS2)o1. The van der Waals surface area contributed by atoms with Crippen molar-refractivity contribution in [3.05, 3.63) is 17.8 Å². The molecule has 0 bridgehead atoms. The molecule has 0 radical (unpaired) electrons. The molecule has 0 saturated carbocycles. The number of likely N-dealkylation sites (N-methyl/N-ethyl adjacent to an activating group) is 1. The van der Waals surface area contributed by atoms with Crippen LogP contribution in [0.2, 0.25) is 0 Å². The highest BCUT2D eigenvalue weighted by Crippen LogP contribution is 2.27. The van der Waals surface area contributed by atoms with Gasteiger partial charge in [0.05, 0.1) is 6.20 Å². The van der Waals surface area contributed by atoms with Gasteiger partial charge in [-0.05, 0) is 32.6 Å². The van der Waals surface area contributed by atoms with E-state index in [4.69, 9.17) is 4.42 Å². The van der Waals surface area contributed by atoms with E-state index in [0.717, 1.165) is 29.7 Å². The molecular weight excluding hydrogens is 232 g/mol. The number of hydrogen-bond acceptors (Lipinski definition) is 4. The van der Waals surface area contributed by atoms with Gasteiger partial charge in [0, 0.05) is 24.1 Å². The van der Waals surface area contributed by atoms with Crippen molar-refractivity contribution in [1.29, 1.82) is 0 Å². The van der Waals surface area contributed by atoms with Crippen molar-refractivity contribution in [2.24, 2.45) is 0 Å². The standard InChI is InChI=1S/C13H22N2OS/c1-10(14-2)7-11-9-15-13(16-11)8-12-5-3-4-6-17-12/h9-10,12,14H,3-8H2,1-2H3. The summed E-state index contributed by atoms with van der Waals surface area (Å²) in [6.07, 6.45) is 7.85. The molecule has 1 aliphatic heterocycles. The maximum atomic E-state index is 5.79. The highest BCUT2D eigenvalue weighted by molar-refractivity contribution is 7.99. The van der Waals surface area contributed by atoms with Crippen molar-refractivity contribution in [1.82, 2.24) is 10.3 Å². The number of aromatic nitrogens is 1. The van der Waals surface area contributed by atoms with Crippen LogP contribution in [-0.2, 0) is 12.8 Å². The Hall–Kier alpha value is -0.480. The van der Waals surface area contributed by atoms with Gasteiger partial charge in [-0.2, -0.15) is 11.8 Å². The third-order valence-electron chi connectivity index (χ3n) is 3.28. The first-order valence-electron chi connectivity index (χ1n) is 6.50. The van der Waals surface area contributed by atoms with Crippen LogP contribution in [0, 0.1) is 0 Å². The lowest BCUT2D eigenvalue weighted by Crippen LogP contribution is -2.23. The topological polar surface area (TPSA) is 38.1 Å². The van der Waals surface area contributed by atoms with Crippen LogP contribution in [0.4, 0.5) is 0 Å². The third-order valence-corrected chi connectivity index (χ3v) is 4.68. The molecule has 1 saturated heterocycles. The smallest absolute Gasteiger partial charge is 0.195 e. The van der Waals surface area contributed by atoms with Crippen LogP contribution < -0.4 is 5.32 Å². The number of nitrogens with zero attached hydrogens (tertiary/aromatic N) is 1. The van der Waals surface area contributed by atoms with Crippen molar-refractivity contribution >= 4 is 11.8 Å². The monoisotopic (exact) mass is 254 g/mol. The van der Waals surface area contributed by atoms with E-state index in [2.05, 4.69) is 29.0 Å². The van der Waals surface area contributed by atoms with E-state index in [1.165, 1.54) is 25.0 Å². The fraction of sp³-hybridized carbons (Fsp3) is 0.769. The predicted octanol–water partition coefficient (Wildman–Crippen LogP) is 2.65. The zero-order chi connectivity index (χ0) is 12.1. The first-order chi connectivity index (χ1) is 8.28. The highest BCUT2D eigenvalue weighted by Gasteiger charge is 2.17. The minimum atomic E-state index is 0.444. The van der Waals surface area contributed by atoms with Crippen molar-refractivity contribution in [2.75, 3.05) is 12.8 Å². The van der Waals surface area contributed by atoms with Crippen LogP contribution in [0.1, 0.15) is 37.8 Å². The van der Waals surface area contributed by atoms with Crippen LogP contribution in [0.5, 0.6) is 0 Å². The van der Waals surface area contributed by atoms with E-state index < -0.39 is 0 Å². The highest BCUT2D eigenvalue weighted by atomic mass is 32.2. The zero-order valence-corrected chi connectivity index (χ0v) is 11.6. The molecule has 17 heavy (non-hydrogen) atoms. The van der Waals surface area contributed by atoms with Gasteiger partial charge in [0.2, 0.25) is 0 Å². The summed E-state index contributed by atoms with van der Waals surface area (Å²) in [6.45, 7) is 2.15. The molecule has 1 fully saturated rings. The second kappa shape index (κ2) is 6.45. The Morgan fingerprint density at radius 2 is 2.47 bits per heavy atom. The van der Waals surface area contributed by atoms with Gasteiger partial charge in [-0.1, -0.05) is 6.42 Å². The molecule has 1 aliphatic rings. The first-order valence-corrected chi connectivity index (χ1v) is 7.55. The molecule has 3 nitrogen and oxygen atoms in total. The summed E-state index contributed by atoms with van der Waals surface area (Å²) < 4.78 is 5.79. The van der Waals surface area contributed by atoms with Crippen molar-refractivity contribution in [2.45, 2.75) is 50.3 Å². The Bertz CT molecular complexity index is 334. The summed E-state index contributed by atoms with van der Waals surface area (Å²) in [5, 5.41) is 3.93. The molecule has 1 N–H and O–H groups in total. The Labute approximate surface area is 108 Å². The van der Waals surface area contributed by atoms with Gasteiger partial charge in [0.25, 0.3) is 0 Å². The summed E-state index contributed by atoms with van der Waals surface area (Å²) in [5.41, 5.74) is 0. The molecular formula is C13H22N2OS. The lowest BCUT2D eigenvalue weighted by molar-refractivity contribution is 0.427. The van der Waals surface area contributed by atoms with Crippen LogP contribution in [0.25, 0.3) is 0 Å². The average Bonchev–Trinajstić information content (AvgIpc) is 2.77. The molecule has 0 aromatic carbocycles. The Morgan fingerprint density at radius 1 is 1.59 bits per heavy atom. The van der Waals surface area contributed by atoms with Gasteiger partial charge in [0.15, 0.2) is 5.89 Å². The molecule has 4 heteroatoms. The fourth-order valence-corrected chi connectivity index (χ4v) is 3.40. The van der Waals surface area contributed by atoms with E-state index in [1.807, 2.05) is 13.2 Å². The average molecular weight is 254 g/mol. The first kappa shape index (κ1) is 13.0. The molecule has 2 unspecified atom stereocenters. The summed E-state index contributed by atoms with van der Waals surface area (Å²) in [7, 11) is 1.97. The van der Waals surface area contributed by atoms with E-state index in [1.54, 1.807) is 0 Å². The Balaban J connectivity index is 1.84. The van der Waals surface area contributed by atoms with Gasteiger partial charge < -0.3 is 9.73 Å². The molecule has 1 aromatic heterocycles. The van der Waals surface area contributed by atoms with Crippen molar-refractivity contribution < 1.29 is 4.42 Å². The summed E-state index contributed by atoms with van der Waals surface area (Å²) in [4.78, 5) is 4.39. The van der Waals surface area contributed by atoms with E-state index in [9.17, 15) is 0 Å². The van der Waals surface area contributed by atoms with Gasteiger partial charge in [-0.25, -0.2) is 4.98 Å². The maximum Gasteiger partial charge on any atom is 0.195 e. The second-order valence-electron chi connectivity index (χ2n) is 4.81. The molecule has 2 atom stereocenters. The summed E-state index contributed by atoms with van der Waals surface area (Å²) >= 11 is 2.07. The zero-order valence-electron chi connectivity index (χ0n) is 10.7. The Kier molecular flexibility index (Phi) is 4.92. The van der Waals surface area contributed by atoms with Gasteiger partial charge in [-0.15, -0.1) is 0 Å². The van der Waals surface area contributed by atoms with E-state index in [-0.39, 0.29) is 0 Å². The number of rotatable bonds is 5. The van der Waals surface area contributed by atoms with Crippen LogP contribution in [0.3, 0.4) is 0 Å².